The van der Waals surface area contributed by atoms with E-state index < -0.39 is 0 Å². The topological polar surface area (TPSA) is 36.4 Å². The molecular weight excluding hydrogens is 302 g/mol. The highest BCUT2D eigenvalue weighted by atomic mass is 32.1. The molecule has 1 amide bonds. The molecule has 4 heterocycles. The van der Waals surface area contributed by atoms with Crippen LogP contribution in [0.5, 0.6) is 0 Å². The van der Waals surface area contributed by atoms with Crippen molar-refractivity contribution in [2.24, 2.45) is 5.92 Å². The molecule has 2 aromatic heterocycles. The maximum atomic E-state index is 12.6. The molecule has 110 valence electrons. The highest BCUT2D eigenvalue weighted by Gasteiger charge is 2.37. The van der Waals surface area contributed by atoms with E-state index in [2.05, 4.69) is 28.3 Å². The molecule has 4 nitrogen and oxygen atoms in total. The summed E-state index contributed by atoms with van der Waals surface area (Å²) in [5.41, 5.74) is 1.34. The molecule has 0 aliphatic carbocycles. The fourth-order valence-electron chi connectivity index (χ4n) is 2.97. The molecule has 21 heavy (non-hydrogen) atoms. The minimum Gasteiger partial charge on any atom is -0.346 e. The van der Waals surface area contributed by atoms with Gasteiger partial charge in [-0.3, -0.25) is 4.79 Å². The summed E-state index contributed by atoms with van der Waals surface area (Å²) >= 11 is 3.52. The Bertz CT molecular complexity index is 672. The van der Waals surface area contributed by atoms with Gasteiger partial charge in [0.1, 0.15) is 0 Å². The molecule has 6 heteroatoms. The van der Waals surface area contributed by atoms with Crippen molar-refractivity contribution in [2.75, 3.05) is 24.5 Å². The molecule has 0 saturated carbocycles. The van der Waals surface area contributed by atoms with E-state index in [1.165, 1.54) is 15.3 Å². The van der Waals surface area contributed by atoms with Gasteiger partial charge in [-0.2, -0.15) is 0 Å². The lowest BCUT2D eigenvalue weighted by Crippen LogP contribution is -2.55. The molecule has 0 radical (unpaired) electrons. The van der Waals surface area contributed by atoms with E-state index in [4.69, 9.17) is 0 Å². The number of hydrogen-bond acceptors (Lipinski definition) is 5. The fraction of sp³-hybridized carbons (Fsp3) is 0.467. The third-order valence-corrected chi connectivity index (χ3v) is 6.23. The highest BCUT2D eigenvalue weighted by Crippen LogP contribution is 2.31. The van der Waals surface area contributed by atoms with Crippen LogP contribution >= 0.6 is 22.7 Å². The van der Waals surface area contributed by atoms with E-state index in [-0.39, 0.29) is 5.92 Å². The summed E-state index contributed by atoms with van der Waals surface area (Å²) in [5, 5.41) is 3.18. The summed E-state index contributed by atoms with van der Waals surface area (Å²) in [6.07, 6.45) is 2.92. The van der Waals surface area contributed by atoms with Crippen LogP contribution in [0.4, 0.5) is 5.13 Å². The molecule has 0 aromatic carbocycles. The summed E-state index contributed by atoms with van der Waals surface area (Å²) in [6, 6.07) is 2.16. The van der Waals surface area contributed by atoms with E-state index in [0.29, 0.717) is 5.91 Å². The maximum Gasteiger partial charge on any atom is 0.229 e. The number of amides is 1. The van der Waals surface area contributed by atoms with Gasteiger partial charge in [-0.1, -0.05) is 0 Å². The van der Waals surface area contributed by atoms with Crippen molar-refractivity contribution in [3.05, 3.63) is 33.0 Å². The molecule has 0 N–H and O–H groups in total. The average molecular weight is 319 g/mol. The molecular formula is C15H17N3OS2. The quantitative estimate of drug-likeness (QED) is 0.853. The molecule has 0 unspecified atom stereocenters. The zero-order valence-electron chi connectivity index (χ0n) is 11.9. The zero-order valence-corrected chi connectivity index (χ0v) is 13.5. The molecule has 1 fully saturated rings. The van der Waals surface area contributed by atoms with Gasteiger partial charge >= 0.3 is 0 Å². The SMILES string of the molecule is Cc1cnc(N2CC(C(=O)N3CCc4sccc4C3)C2)s1. The van der Waals surface area contributed by atoms with Gasteiger partial charge in [0.2, 0.25) is 5.91 Å². The summed E-state index contributed by atoms with van der Waals surface area (Å²) in [6.45, 7) is 5.37. The number of anilines is 1. The largest absolute Gasteiger partial charge is 0.346 e. The van der Waals surface area contributed by atoms with Gasteiger partial charge in [0, 0.05) is 42.1 Å². The van der Waals surface area contributed by atoms with Crippen LogP contribution < -0.4 is 4.90 Å². The van der Waals surface area contributed by atoms with Crippen LogP contribution in [-0.2, 0) is 17.8 Å². The molecule has 4 rings (SSSR count). The van der Waals surface area contributed by atoms with Crippen LogP contribution in [0.1, 0.15) is 15.3 Å². The standard InChI is InChI=1S/C15H17N3OS2/c1-10-6-16-15(21-10)18-8-12(9-18)14(19)17-4-2-13-11(7-17)3-5-20-13/h3,5-6,12H,2,4,7-9H2,1H3. The van der Waals surface area contributed by atoms with E-state index in [1.54, 1.807) is 11.3 Å². The Balaban J connectivity index is 1.37. The Hall–Kier alpha value is -1.40. The molecule has 2 aromatic rings. The van der Waals surface area contributed by atoms with Crippen LogP contribution in [0.3, 0.4) is 0 Å². The second kappa shape index (κ2) is 5.10. The number of aromatic nitrogens is 1. The third kappa shape index (κ3) is 2.36. The lowest BCUT2D eigenvalue weighted by atomic mass is 9.97. The molecule has 0 spiro atoms. The smallest absolute Gasteiger partial charge is 0.229 e. The first-order valence-electron chi connectivity index (χ1n) is 7.22. The fourth-order valence-corrected chi connectivity index (χ4v) is 4.64. The van der Waals surface area contributed by atoms with Crippen LogP contribution in [0, 0.1) is 12.8 Å². The number of nitrogens with zero attached hydrogens (tertiary/aromatic N) is 3. The van der Waals surface area contributed by atoms with Crippen molar-refractivity contribution < 1.29 is 4.79 Å². The normalized spacial score (nSPS) is 18.5. The minimum absolute atomic E-state index is 0.148. The van der Waals surface area contributed by atoms with Gasteiger partial charge in [-0.05, 0) is 30.4 Å². The van der Waals surface area contributed by atoms with Gasteiger partial charge in [0.15, 0.2) is 5.13 Å². The van der Waals surface area contributed by atoms with Gasteiger partial charge in [-0.15, -0.1) is 22.7 Å². The van der Waals surface area contributed by atoms with Gasteiger partial charge < -0.3 is 9.80 Å². The summed E-state index contributed by atoms with van der Waals surface area (Å²) in [4.78, 5) is 23.9. The average Bonchev–Trinajstić information content (AvgIpc) is 3.05. The number of thiophene rings is 1. The van der Waals surface area contributed by atoms with E-state index in [0.717, 1.165) is 37.7 Å². The van der Waals surface area contributed by atoms with Crippen LogP contribution in [0.2, 0.25) is 0 Å². The Morgan fingerprint density at radius 1 is 1.43 bits per heavy atom. The lowest BCUT2D eigenvalue weighted by molar-refractivity contribution is -0.137. The molecule has 1 saturated heterocycles. The van der Waals surface area contributed by atoms with Crippen LogP contribution in [-0.4, -0.2) is 35.4 Å². The van der Waals surface area contributed by atoms with Crippen molar-refractivity contribution in [2.45, 2.75) is 19.9 Å². The molecule has 0 atom stereocenters. The zero-order chi connectivity index (χ0) is 14.4. The highest BCUT2D eigenvalue weighted by molar-refractivity contribution is 7.15. The maximum absolute atomic E-state index is 12.6. The van der Waals surface area contributed by atoms with Gasteiger partial charge in [0.25, 0.3) is 0 Å². The number of thiazole rings is 1. The Morgan fingerprint density at radius 3 is 3.05 bits per heavy atom. The Kier molecular flexibility index (Phi) is 3.23. The van der Waals surface area contributed by atoms with Crippen LogP contribution in [0.15, 0.2) is 17.6 Å². The number of carbonyl (C=O) groups excluding carboxylic acids is 1. The first kappa shape index (κ1) is 13.3. The van der Waals surface area contributed by atoms with Crippen LogP contribution in [0.25, 0.3) is 0 Å². The van der Waals surface area contributed by atoms with Crippen molar-refractivity contribution >= 4 is 33.7 Å². The van der Waals surface area contributed by atoms with E-state index in [9.17, 15) is 4.79 Å². The lowest BCUT2D eigenvalue weighted by Gasteiger charge is -2.41. The summed E-state index contributed by atoms with van der Waals surface area (Å²) in [5.74, 6) is 0.464. The number of fused-ring (bicyclic) bond motifs is 1. The Labute approximate surface area is 132 Å². The van der Waals surface area contributed by atoms with Crippen molar-refractivity contribution in [3.8, 4) is 0 Å². The summed E-state index contributed by atoms with van der Waals surface area (Å²) < 4.78 is 0. The van der Waals surface area contributed by atoms with Crippen molar-refractivity contribution in [1.29, 1.82) is 0 Å². The number of hydrogen-bond donors (Lipinski definition) is 0. The second-order valence-corrected chi connectivity index (χ2v) is 7.95. The third-order valence-electron chi connectivity index (χ3n) is 4.23. The summed E-state index contributed by atoms with van der Waals surface area (Å²) in [7, 11) is 0. The number of aryl methyl sites for hydroxylation is 1. The number of rotatable bonds is 2. The second-order valence-electron chi connectivity index (χ2n) is 5.73. The molecule has 0 bridgehead atoms. The molecule has 2 aliphatic rings. The predicted molar refractivity (Wildman–Crippen MR) is 86.0 cm³/mol. The Morgan fingerprint density at radius 2 is 2.29 bits per heavy atom. The van der Waals surface area contributed by atoms with Crippen molar-refractivity contribution in [3.63, 3.8) is 0 Å². The monoisotopic (exact) mass is 319 g/mol. The number of carbonyl (C=O) groups is 1. The molecule has 2 aliphatic heterocycles. The van der Waals surface area contributed by atoms with Gasteiger partial charge in [0.05, 0.1) is 5.92 Å². The van der Waals surface area contributed by atoms with Gasteiger partial charge in [-0.25, -0.2) is 4.98 Å². The minimum atomic E-state index is 0.148. The first-order chi connectivity index (χ1) is 10.2. The predicted octanol–water partition coefficient (Wildman–Crippen LogP) is 2.53. The van der Waals surface area contributed by atoms with Crippen molar-refractivity contribution in [1.82, 2.24) is 9.88 Å². The van der Waals surface area contributed by atoms with E-state index >= 15 is 0 Å². The van der Waals surface area contributed by atoms with E-state index in [1.807, 2.05) is 22.4 Å². The first-order valence-corrected chi connectivity index (χ1v) is 8.92.